The van der Waals surface area contributed by atoms with E-state index in [1.54, 1.807) is 0 Å². The molecule has 1 rings (SSSR count). The Balaban J connectivity index is 0.00000289. The highest BCUT2D eigenvalue weighted by Gasteiger charge is 2.19. The first-order chi connectivity index (χ1) is 8.06. The molecule has 0 unspecified atom stereocenters. The van der Waals surface area contributed by atoms with Crippen LogP contribution >= 0.6 is 12.4 Å². The molecule has 0 fully saturated rings. The SMILES string of the molecule is CCCCC[C@H](N)c1cc(O)ccc1[N+](=O)[O-].Cl. The number of hydrogen-bond donors (Lipinski definition) is 2. The van der Waals surface area contributed by atoms with Crippen molar-refractivity contribution in [2.45, 2.75) is 38.6 Å². The van der Waals surface area contributed by atoms with Gasteiger partial charge in [0.05, 0.1) is 10.5 Å². The first-order valence-corrected chi connectivity index (χ1v) is 5.79. The molecule has 3 N–H and O–H groups in total. The van der Waals surface area contributed by atoms with Gasteiger partial charge in [-0.05, 0) is 18.6 Å². The predicted molar refractivity (Wildman–Crippen MR) is 73.1 cm³/mol. The van der Waals surface area contributed by atoms with Gasteiger partial charge in [0.2, 0.25) is 0 Å². The summed E-state index contributed by atoms with van der Waals surface area (Å²) in [6.45, 7) is 2.09. The summed E-state index contributed by atoms with van der Waals surface area (Å²) in [5.41, 5.74) is 6.31. The zero-order valence-electron chi connectivity index (χ0n) is 10.3. The maximum absolute atomic E-state index is 10.8. The topological polar surface area (TPSA) is 89.4 Å². The van der Waals surface area contributed by atoms with Crippen LogP contribution in [-0.4, -0.2) is 10.0 Å². The molecule has 0 radical (unpaired) electrons. The first-order valence-electron chi connectivity index (χ1n) is 5.79. The summed E-state index contributed by atoms with van der Waals surface area (Å²) in [7, 11) is 0. The number of aromatic hydroxyl groups is 1. The third-order valence-corrected chi connectivity index (χ3v) is 2.73. The fourth-order valence-electron chi connectivity index (χ4n) is 1.77. The summed E-state index contributed by atoms with van der Waals surface area (Å²) in [4.78, 5) is 10.4. The van der Waals surface area contributed by atoms with Crippen LogP contribution in [0.1, 0.15) is 44.2 Å². The maximum Gasteiger partial charge on any atom is 0.274 e. The number of phenols is 1. The second-order valence-corrected chi connectivity index (χ2v) is 4.10. The molecule has 1 aromatic rings. The van der Waals surface area contributed by atoms with E-state index in [0.717, 1.165) is 19.3 Å². The number of unbranched alkanes of at least 4 members (excludes halogenated alkanes) is 2. The molecule has 0 heterocycles. The average molecular weight is 275 g/mol. The van der Waals surface area contributed by atoms with Crippen molar-refractivity contribution < 1.29 is 10.0 Å². The molecule has 0 saturated heterocycles. The lowest BCUT2D eigenvalue weighted by Crippen LogP contribution is -2.12. The number of rotatable bonds is 6. The molecule has 0 bridgehead atoms. The van der Waals surface area contributed by atoms with Gasteiger partial charge in [0, 0.05) is 12.1 Å². The van der Waals surface area contributed by atoms with E-state index in [-0.39, 0.29) is 23.8 Å². The summed E-state index contributed by atoms with van der Waals surface area (Å²) in [6, 6.07) is 3.59. The number of hydrogen-bond acceptors (Lipinski definition) is 4. The van der Waals surface area contributed by atoms with Gasteiger partial charge in [0.25, 0.3) is 5.69 Å². The molecule has 5 nitrogen and oxygen atoms in total. The Hall–Kier alpha value is -1.33. The molecule has 0 aliphatic carbocycles. The Kier molecular flexibility index (Phi) is 7.31. The molecule has 102 valence electrons. The van der Waals surface area contributed by atoms with Gasteiger partial charge in [0.1, 0.15) is 5.75 Å². The largest absolute Gasteiger partial charge is 0.508 e. The maximum atomic E-state index is 10.8. The lowest BCUT2D eigenvalue weighted by Gasteiger charge is -2.12. The number of halogens is 1. The van der Waals surface area contributed by atoms with Crippen LogP contribution in [-0.2, 0) is 0 Å². The molecular weight excluding hydrogens is 256 g/mol. The number of nitro groups is 1. The standard InChI is InChI=1S/C12H18N2O3.ClH/c1-2-3-4-5-11(13)10-8-9(15)6-7-12(10)14(16)17;/h6-8,11,15H,2-5,13H2,1H3;1H/t11-;/m0./s1. The third kappa shape index (κ3) is 4.50. The van der Waals surface area contributed by atoms with E-state index >= 15 is 0 Å². The van der Waals surface area contributed by atoms with Gasteiger partial charge >= 0.3 is 0 Å². The summed E-state index contributed by atoms with van der Waals surface area (Å²) >= 11 is 0. The summed E-state index contributed by atoms with van der Waals surface area (Å²) < 4.78 is 0. The van der Waals surface area contributed by atoms with Gasteiger partial charge in [-0.3, -0.25) is 10.1 Å². The molecule has 6 heteroatoms. The number of nitrogens with zero attached hydrogens (tertiary/aromatic N) is 1. The van der Waals surface area contributed by atoms with Crippen molar-refractivity contribution in [2.75, 3.05) is 0 Å². The molecule has 1 aromatic carbocycles. The summed E-state index contributed by atoms with van der Waals surface area (Å²) in [5, 5.41) is 20.2. The monoisotopic (exact) mass is 274 g/mol. The molecule has 0 saturated carbocycles. The van der Waals surface area contributed by atoms with Gasteiger partial charge < -0.3 is 10.8 Å². The Labute approximate surface area is 113 Å². The first kappa shape index (κ1) is 16.7. The Morgan fingerprint density at radius 3 is 2.67 bits per heavy atom. The summed E-state index contributed by atoms with van der Waals surface area (Å²) in [6.07, 6.45) is 3.76. The van der Waals surface area contributed by atoms with E-state index in [1.165, 1.54) is 18.2 Å². The van der Waals surface area contributed by atoms with E-state index in [9.17, 15) is 15.2 Å². The zero-order chi connectivity index (χ0) is 12.8. The molecule has 1 atom stereocenters. The lowest BCUT2D eigenvalue weighted by molar-refractivity contribution is -0.385. The minimum atomic E-state index is -0.464. The van der Waals surface area contributed by atoms with Gasteiger partial charge in [0.15, 0.2) is 0 Å². The molecule has 0 aliphatic rings. The quantitative estimate of drug-likeness (QED) is 0.473. The van der Waals surface area contributed by atoms with Crippen molar-refractivity contribution in [1.29, 1.82) is 0 Å². The van der Waals surface area contributed by atoms with Crippen LogP contribution < -0.4 is 5.73 Å². The minimum absolute atomic E-state index is 0. The van der Waals surface area contributed by atoms with Crippen LogP contribution in [0.4, 0.5) is 5.69 Å². The Morgan fingerprint density at radius 2 is 2.11 bits per heavy atom. The van der Waals surface area contributed by atoms with Crippen LogP contribution in [0.5, 0.6) is 5.75 Å². The van der Waals surface area contributed by atoms with E-state index in [4.69, 9.17) is 5.73 Å². The lowest BCUT2D eigenvalue weighted by atomic mass is 9.99. The molecular formula is C12H19ClN2O3. The number of nitro benzene ring substituents is 1. The van der Waals surface area contributed by atoms with E-state index in [2.05, 4.69) is 6.92 Å². The minimum Gasteiger partial charge on any atom is -0.508 e. The third-order valence-electron chi connectivity index (χ3n) is 2.73. The average Bonchev–Trinajstić information content (AvgIpc) is 2.28. The predicted octanol–water partition coefficient (Wildman–Crippen LogP) is 3.30. The van der Waals surface area contributed by atoms with Crippen LogP contribution in [0.25, 0.3) is 0 Å². The van der Waals surface area contributed by atoms with E-state index in [1.807, 2.05) is 0 Å². The zero-order valence-corrected chi connectivity index (χ0v) is 11.2. The number of benzene rings is 1. The second kappa shape index (κ2) is 7.89. The van der Waals surface area contributed by atoms with Crippen molar-refractivity contribution in [3.63, 3.8) is 0 Å². The normalized spacial score (nSPS) is 11.7. The van der Waals surface area contributed by atoms with Crippen LogP contribution in [0.15, 0.2) is 18.2 Å². The molecule has 0 aromatic heterocycles. The van der Waals surface area contributed by atoms with Crippen molar-refractivity contribution in [3.8, 4) is 5.75 Å². The van der Waals surface area contributed by atoms with Gasteiger partial charge in [-0.1, -0.05) is 26.2 Å². The van der Waals surface area contributed by atoms with Crippen LogP contribution in [0, 0.1) is 10.1 Å². The number of phenolic OH excluding ortho intramolecular Hbond substituents is 1. The van der Waals surface area contributed by atoms with Gasteiger partial charge in [-0.25, -0.2) is 0 Å². The number of nitrogens with two attached hydrogens (primary N) is 1. The molecule has 0 spiro atoms. The van der Waals surface area contributed by atoms with Crippen molar-refractivity contribution >= 4 is 18.1 Å². The molecule has 0 aliphatic heterocycles. The highest BCUT2D eigenvalue weighted by atomic mass is 35.5. The van der Waals surface area contributed by atoms with E-state index in [0.29, 0.717) is 12.0 Å². The smallest absolute Gasteiger partial charge is 0.274 e. The fraction of sp³-hybridized carbons (Fsp3) is 0.500. The fourth-order valence-corrected chi connectivity index (χ4v) is 1.77. The van der Waals surface area contributed by atoms with Crippen molar-refractivity contribution in [2.24, 2.45) is 5.73 Å². The highest BCUT2D eigenvalue weighted by Crippen LogP contribution is 2.30. The van der Waals surface area contributed by atoms with Crippen LogP contribution in [0.2, 0.25) is 0 Å². The van der Waals surface area contributed by atoms with Gasteiger partial charge in [-0.15, -0.1) is 12.4 Å². The van der Waals surface area contributed by atoms with Gasteiger partial charge in [-0.2, -0.15) is 0 Å². The summed E-state index contributed by atoms with van der Waals surface area (Å²) in [5.74, 6) is 0.0107. The van der Waals surface area contributed by atoms with E-state index < -0.39 is 11.0 Å². The molecule has 18 heavy (non-hydrogen) atoms. The highest BCUT2D eigenvalue weighted by molar-refractivity contribution is 5.85. The van der Waals surface area contributed by atoms with Crippen LogP contribution in [0.3, 0.4) is 0 Å². The second-order valence-electron chi connectivity index (χ2n) is 4.10. The Bertz CT molecular complexity index is 399. The Morgan fingerprint density at radius 1 is 1.44 bits per heavy atom. The van der Waals surface area contributed by atoms with Crippen molar-refractivity contribution in [1.82, 2.24) is 0 Å². The van der Waals surface area contributed by atoms with Crippen molar-refractivity contribution in [3.05, 3.63) is 33.9 Å². The molecule has 0 amide bonds.